The van der Waals surface area contributed by atoms with Gasteiger partial charge >= 0.3 is 0 Å². The average Bonchev–Trinajstić information content (AvgIpc) is 2.28. The number of nitrogens with zero attached hydrogens (tertiary/aromatic N) is 3. The Hall–Kier alpha value is -0.870. The molecule has 4 heteroatoms. The summed E-state index contributed by atoms with van der Waals surface area (Å²) in [5.41, 5.74) is 0. The molecule has 18 heavy (non-hydrogen) atoms. The number of rotatable bonds is 5. The minimum atomic E-state index is 0.167. The molecular formula is C14H27N3O. The number of piperidine rings is 1. The van der Waals surface area contributed by atoms with E-state index in [1.165, 1.54) is 0 Å². The van der Waals surface area contributed by atoms with Gasteiger partial charge in [0.15, 0.2) is 0 Å². The Kier molecular flexibility index (Phi) is 6.36. The fraction of sp³-hybridized carbons (Fsp3) is 0.786. The van der Waals surface area contributed by atoms with Crippen molar-refractivity contribution in [3.63, 3.8) is 0 Å². The Balaban J connectivity index is 2.29. The van der Waals surface area contributed by atoms with Crippen molar-refractivity contribution >= 4 is 5.91 Å². The molecule has 0 aromatic heterocycles. The van der Waals surface area contributed by atoms with Crippen LogP contribution >= 0.6 is 0 Å². The van der Waals surface area contributed by atoms with Gasteiger partial charge in [0.1, 0.15) is 0 Å². The van der Waals surface area contributed by atoms with Crippen LogP contribution in [0.1, 0.15) is 12.8 Å². The summed E-state index contributed by atoms with van der Waals surface area (Å²) in [6.07, 6.45) is 5.91. The quantitative estimate of drug-likeness (QED) is 0.681. The molecule has 0 N–H and O–H groups in total. The van der Waals surface area contributed by atoms with Gasteiger partial charge in [-0.2, -0.15) is 0 Å². The molecule has 1 saturated heterocycles. The first kappa shape index (κ1) is 15.2. The van der Waals surface area contributed by atoms with Crippen LogP contribution in [0.2, 0.25) is 0 Å². The van der Waals surface area contributed by atoms with Crippen LogP contribution in [0.3, 0.4) is 0 Å². The van der Waals surface area contributed by atoms with E-state index in [0.717, 1.165) is 44.9 Å². The van der Waals surface area contributed by atoms with Gasteiger partial charge in [0, 0.05) is 32.3 Å². The summed E-state index contributed by atoms with van der Waals surface area (Å²) in [5.74, 6) is 0.912. The van der Waals surface area contributed by atoms with E-state index in [0.29, 0.717) is 0 Å². The van der Waals surface area contributed by atoms with Crippen molar-refractivity contribution in [3.8, 4) is 0 Å². The van der Waals surface area contributed by atoms with Crippen LogP contribution < -0.4 is 0 Å². The lowest BCUT2D eigenvalue weighted by Crippen LogP contribution is -2.39. The normalized spacial score (nSPS) is 18.2. The molecule has 1 fully saturated rings. The Morgan fingerprint density at radius 3 is 2.28 bits per heavy atom. The molecule has 0 radical (unpaired) electrons. The molecule has 0 atom stereocenters. The van der Waals surface area contributed by atoms with Gasteiger partial charge in [-0.25, -0.2) is 0 Å². The lowest BCUT2D eigenvalue weighted by molar-refractivity contribution is -0.127. The Labute approximate surface area is 111 Å². The van der Waals surface area contributed by atoms with Crippen molar-refractivity contribution < 1.29 is 4.79 Å². The minimum absolute atomic E-state index is 0.167. The molecule has 104 valence electrons. The lowest BCUT2D eigenvalue weighted by atomic mass is 9.96. The first-order valence-electron chi connectivity index (χ1n) is 6.74. The van der Waals surface area contributed by atoms with Gasteiger partial charge < -0.3 is 14.7 Å². The van der Waals surface area contributed by atoms with E-state index in [2.05, 4.69) is 19.0 Å². The van der Waals surface area contributed by atoms with Gasteiger partial charge in [0.2, 0.25) is 5.91 Å². The number of carbonyl (C=O) groups is 1. The highest BCUT2D eigenvalue weighted by Gasteiger charge is 2.21. The van der Waals surface area contributed by atoms with Crippen molar-refractivity contribution in [2.24, 2.45) is 5.92 Å². The molecule has 1 aliphatic heterocycles. The molecule has 0 aromatic carbocycles. The molecule has 1 rings (SSSR count). The van der Waals surface area contributed by atoms with Crippen LogP contribution in [-0.2, 0) is 4.79 Å². The van der Waals surface area contributed by atoms with E-state index in [1.54, 1.807) is 6.08 Å². The smallest absolute Gasteiger partial charge is 0.246 e. The van der Waals surface area contributed by atoms with Crippen molar-refractivity contribution in [1.29, 1.82) is 0 Å². The number of carbonyl (C=O) groups excluding carboxylic acids is 1. The molecule has 0 bridgehead atoms. The standard InChI is InChI=1S/C14H27N3O/c1-15(2)9-5-6-14(18)17-10-7-13(8-11-17)12-16(3)4/h5-6,13H,7-12H2,1-4H3/b6-5+. The molecule has 0 spiro atoms. The third-order valence-corrected chi connectivity index (χ3v) is 3.28. The zero-order chi connectivity index (χ0) is 13.5. The Morgan fingerprint density at radius 2 is 1.78 bits per heavy atom. The van der Waals surface area contributed by atoms with Crippen molar-refractivity contribution in [2.75, 3.05) is 54.4 Å². The highest BCUT2D eigenvalue weighted by Crippen LogP contribution is 2.17. The average molecular weight is 253 g/mol. The summed E-state index contributed by atoms with van der Waals surface area (Å²) in [7, 11) is 8.23. The molecule has 1 amide bonds. The van der Waals surface area contributed by atoms with Crippen LogP contribution in [0.4, 0.5) is 0 Å². The first-order valence-corrected chi connectivity index (χ1v) is 6.74. The molecule has 0 saturated carbocycles. The molecule has 1 heterocycles. The monoisotopic (exact) mass is 253 g/mol. The molecular weight excluding hydrogens is 226 g/mol. The van der Waals surface area contributed by atoms with E-state index in [1.807, 2.05) is 30.0 Å². The molecule has 1 aliphatic rings. The number of hydrogen-bond acceptors (Lipinski definition) is 3. The van der Waals surface area contributed by atoms with Gasteiger partial charge in [0.05, 0.1) is 0 Å². The predicted molar refractivity (Wildman–Crippen MR) is 75.6 cm³/mol. The summed E-state index contributed by atoms with van der Waals surface area (Å²) in [5, 5.41) is 0. The third-order valence-electron chi connectivity index (χ3n) is 3.28. The summed E-state index contributed by atoms with van der Waals surface area (Å²) < 4.78 is 0. The largest absolute Gasteiger partial charge is 0.339 e. The van der Waals surface area contributed by atoms with Crippen LogP contribution in [0.5, 0.6) is 0 Å². The predicted octanol–water partition coefficient (Wildman–Crippen LogP) is 0.904. The fourth-order valence-electron chi connectivity index (χ4n) is 2.32. The summed E-state index contributed by atoms with van der Waals surface area (Å²) in [6.45, 7) is 3.77. The molecule has 4 nitrogen and oxygen atoms in total. The van der Waals surface area contributed by atoms with Gasteiger partial charge in [-0.1, -0.05) is 6.08 Å². The van der Waals surface area contributed by atoms with Crippen molar-refractivity contribution in [1.82, 2.24) is 14.7 Å². The summed E-state index contributed by atoms with van der Waals surface area (Å²) >= 11 is 0. The number of likely N-dealkylation sites (tertiary alicyclic amines) is 1. The first-order chi connectivity index (χ1) is 8.49. The third kappa shape index (κ3) is 5.65. The van der Waals surface area contributed by atoms with Crippen molar-refractivity contribution in [2.45, 2.75) is 12.8 Å². The zero-order valence-electron chi connectivity index (χ0n) is 12.2. The van der Waals surface area contributed by atoms with E-state index in [-0.39, 0.29) is 5.91 Å². The molecule has 0 aliphatic carbocycles. The van der Waals surface area contributed by atoms with Crippen LogP contribution in [0, 0.1) is 5.92 Å². The van der Waals surface area contributed by atoms with Crippen molar-refractivity contribution in [3.05, 3.63) is 12.2 Å². The topological polar surface area (TPSA) is 26.8 Å². The van der Waals surface area contributed by atoms with E-state index < -0.39 is 0 Å². The Bertz CT molecular complexity index is 279. The molecule has 0 aromatic rings. The summed E-state index contributed by atoms with van der Waals surface area (Å²) in [6, 6.07) is 0. The maximum absolute atomic E-state index is 11.9. The second-order valence-electron chi connectivity index (χ2n) is 5.70. The minimum Gasteiger partial charge on any atom is -0.339 e. The van der Waals surface area contributed by atoms with E-state index in [9.17, 15) is 4.79 Å². The number of amides is 1. The van der Waals surface area contributed by atoms with Gasteiger partial charge in [-0.05, 0) is 47.0 Å². The Morgan fingerprint density at radius 1 is 1.17 bits per heavy atom. The van der Waals surface area contributed by atoms with Crippen LogP contribution in [0.15, 0.2) is 12.2 Å². The lowest BCUT2D eigenvalue weighted by Gasteiger charge is -2.32. The second kappa shape index (κ2) is 7.54. The van der Waals surface area contributed by atoms with Crippen LogP contribution in [0.25, 0.3) is 0 Å². The zero-order valence-corrected chi connectivity index (χ0v) is 12.2. The highest BCUT2D eigenvalue weighted by atomic mass is 16.2. The maximum Gasteiger partial charge on any atom is 0.246 e. The van der Waals surface area contributed by atoms with E-state index >= 15 is 0 Å². The van der Waals surface area contributed by atoms with E-state index in [4.69, 9.17) is 0 Å². The van der Waals surface area contributed by atoms with Gasteiger partial charge in [0.25, 0.3) is 0 Å². The molecule has 0 unspecified atom stereocenters. The fourth-order valence-corrected chi connectivity index (χ4v) is 2.32. The highest BCUT2D eigenvalue weighted by molar-refractivity contribution is 5.87. The summed E-state index contributed by atoms with van der Waals surface area (Å²) in [4.78, 5) is 18.2. The number of hydrogen-bond donors (Lipinski definition) is 0. The van der Waals surface area contributed by atoms with Crippen LogP contribution in [-0.4, -0.2) is 75.0 Å². The van der Waals surface area contributed by atoms with Gasteiger partial charge in [-0.15, -0.1) is 0 Å². The number of likely N-dealkylation sites (N-methyl/N-ethyl adjacent to an activating group) is 1. The SMILES string of the molecule is CN(C)C/C=C/C(=O)N1CCC(CN(C)C)CC1. The van der Waals surface area contributed by atoms with Gasteiger partial charge in [-0.3, -0.25) is 4.79 Å². The second-order valence-corrected chi connectivity index (χ2v) is 5.70. The maximum atomic E-state index is 11.9.